The summed E-state index contributed by atoms with van der Waals surface area (Å²) in [6, 6.07) is 6.38. The van der Waals surface area contributed by atoms with Gasteiger partial charge in [-0.05, 0) is 45.5 Å². The summed E-state index contributed by atoms with van der Waals surface area (Å²) in [5.74, 6) is 1.63. The van der Waals surface area contributed by atoms with E-state index in [1.807, 2.05) is 12.1 Å². The van der Waals surface area contributed by atoms with Crippen LogP contribution < -0.4 is 9.47 Å². The Morgan fingerprint density at radius 2 is 1.94 bits per heavy atom. The lowest BCUT2D eigenvalue weighted by molar-refractivity contribution is -0.0683. The van der Waals surface area contributed by atoms with Crippen LogP contribution in [-0.2, 0) is 4.74 Å². The van der Waals surface area contributed by atoms with E-state index in [0.717, 1.165) is 17.1 Å². The highest BCUT2D eigenvalue weighted by molar-refractivity contribution is 5.45. The molecule has 0 saturated carbocycles. The predicted molar refractivity (Wildman–Crippen MR) is 67.7 cm³/mol. The zero-order chi connectivity index (χ0) is 12.9. The van der Waals surface area contributed by atoms with Gasteiger partial charge in [0.15, 0.2) is 11.5 Å². The van der Waals surface area contributed by atoms with Gasteiger partial charge in [0.2, 0.25) is 6.79 Å². The SMILES string of the molecule is CC1C(c2ccc3c(c2)OCO3)OC(C)(C)N1C. The Morgan fingerprint density at radius 3 is 2.61 bits per heavy atom. The number of fused-ring (bicyclic) bond motifs is 1. The fraction of sp³-hybridized carbons (Fsp3) is 0.571. The third-order valence-corrected chi connectivity index (χ3v) is 4.04. The van der Waals surface area contributed by atoms with Gasteiger partial charge >= 0.3 is 0 Å². The first kappa shape index (κ1) is 11.8. The quantitative estimate of drug-likeness (QED) is 0.765. The van der Waals surface area contributed by atoms with E-state index >= 15 is 0 Å². The second-order valence-corrected chi connectivity index (χ2v) is 5.45. The first-order valence-electron chi connectivity index (χ1n) is 6.29. The molecule has 18 heavy (non-hydrogen) atoms. The summed E-state index contributed by atoms with van der Waals surface area (Å²) in [4.78, 5) is 2.25. The molecule has 0 N–H and O–H groups in total. The van der Waals surface area contributed by atoms with Gasteiger partial charge in [0.05, 0.1) is 0 Å². The molecule has 98 valence electrons. The molecule has 0 radical (unpaired) electrons. The van der Waals surface area contributed by atoms with Crippen LogP contribution in [0.25, 0.3) is 0 Å². The number of rotatable bonds is 1. The maximum atomic E-state index is 6.15. The van der Waals surface area contributed by atoms with E-state index in [1.165, 1.54) is 0 Å². The molecule has 2 heterocycles. The number of hydrogen-bond acceptors (Lipinski definition) is 4. The van der Waals surface area contributed by atoms with Crippen LogP contribution >= 0.6 is 0 Å². The summed E-state index contributed by atoms with van der Waals surface area (Å²) >= 11 is 0. The molecule has 2 unspecified atom stereocenters. The minimum absolute atomic E-state index is 0.0690. The molecule has 1 aromatic rings. The summed E-state index contributed by atoms with van der Waals surface area (Å²) in [6.07, 6.45) is 0.0690. The topological polar surface area (TPSA) is 30.9 Å². The molecule has 0 aliphatic carbocycles. The van der Waals surface area contributed by atoms with Gasteiger partial charge in [0.25, 0.3) is 0 Å². The first-order chi connectivity index (χ1) is 8.49. The van der Waals surface area contributed by atoms with Crippen LogP contribution in [0.1, 0.15) is 32.4 Å². The maximum absolute atomic E-state index is 6.15. The smallest absolute Gasteiger partial charge is 0.231 e. The Labute approximate surface area is 107 Å². The minimum Gasteiger partial charge on any atom is -0.454 e. The van der Waals surface area contributed by atoms with Gasteiger partial charge in [-0.2, -0.15) is 0 Å². The van der Waals surface area contributed by atoms with Crippen molar-refractivity contribution in [2.45, 2.75) is 38.6 Å². The highest BCUT2D eigenvalue weighted by Gasteiger charge is 2.43. The Morgan fingerprint density at radius 1 is 1.22 bits per heavy atom. The second-order valence-electron chi connectivity index (χ2n) is 5.45. The molecule has 3 rings (SSSR count). The standard InChI is InChI=1S/C14H19NO3/c1-9-13(18-14(2,3)15(9)4)10-5-6-11-12(7-10)17-8-16-11/h5-7,9,13H,8H2,1-4H3. The minimum atomic E-state index is -0.236. The molecule has 0 bridgehead atoms. The van der Waals surface area contributed by atoms with Crippen LogP contribution in [0.4, 0.5) is 0 Å². The van der Waals surface area contributed by atoms with Crippen molar-refractivity contribution in [3.05, 3.63) is 23.8 Å². The highest BCUT2D eigenvalue weighted by atomic mass is 16.7. The Bertz CT molecular complexity index is 472. The van der Waals surface area contributed by atoms with Gasteiger partial charge in [-0.25, -0.2) is 0 Å². The van der Waals surface area contributed by atoms with Gasteiger partial charge in [-0.3, -0.25) is 4.90 Å². The highest BCUT2D eigenvalue weighted by Crippen LogP contribution is 2.42. The molecular formula is C14H19NO3. The average Bonchev–Trinajstić information content (AvgIpc) is 2.87. The molecule has 2 atom stereocenters. The molecule has 1 saturated heterocycles. The van der Waals surface area contributed by atoms with E-state index in [4.69, 9.17) is 14.2 Å². The zero-order valence-corrected chi connectivity index (χ0v) is 11.3. The van der Waals surface area contributed by atoms with Crippen molar-refractivity contribution in [2.75, 3.05) is 13.8 Å². The van der Waals surface area contributed by atoms with Crippen LogP contribution in [0.5, 0.6) is 11.5 Å². The maximum Gasteiger partial charge on any atom is 0.231 e. The number of likely N-dealkylation sites (N-methyl/N-ethyl adjacent to an activating group) is 1. The van der Waals surface area contributed by atoms with E-state index in [1.54, 1.807) is 0 Å². The number of benzene rings is 1. The van der Waals surface area contributed by atoms with Crippen molar-refractivity contribution in [3.63, 3.8) is 0 Å². The van der Waals surface area contributed by atoms with Crippen molar-refractivity contribution in [1.29, 1.82) is 0 Å². The fourth-order valence-electron chi connectivity index (χ4n) is 2.62. The van der Waals surface area contributed by atoms with Gasteiger partial charge in [0.1, 0.15) is 11.8 Å². The van der Waals surface area contributed by atoms with Crippen molar-refractivity contribution < 1.29 is 14.2 Å². The molecule has 4 nitrogen and oxygen atoms in total. The van der Waals surface area contributed by atoms with Crippen molar-refractivity contribution in [3.8, 4) is 11.5 Å². The van der Waals surface area contributed by atoms with Crippen molar-refractivity contribution in [1.82, 2.24) is 4.90 Å². The molecule has 2 aliphatic heterocycles. The normalized spacial score (nSPS) is 29.8. The third kappa shape index (κ3) is 1.68. The molecule has 0 amide bonds. The summed E-state index contributed by atoms with van der Waals surface area (Å²) in [6.45, 7) is 6.68. The van der Waals surface area contributed by atoms with E-state index in [-0.39, 0.29) is 11.8 Å². The van der Waals surface area contributed by atoms with Gasteiger partial charge < -0.3 is 14.2 Å². The number of hydrogen-bond donors (Lipinski definition) is 0. The van der Waals surface area contributed by atoms with E-state index in [2.05, 4.69) is 38.8 Å². The Balaban J connectivity index is 1.92. The second kappa shape index (κ2) is 3.87. The largest absolute Gasteiger partial charge is 0.454 e. The molecular weight excluding hydrogens is 230 g/mol. The summed E-state index contributed by atoms with van der Waals surface area (Å²) < 4.78 is 16.9. The van der Waals surface area contributed by atoms with Crippen molar-refractivity contribution >= 4 is 0 Å². The van der Waals surface area contributed by atoms with Crippen molar-refractivity contribution in [2.24, 2.45) is 0 Å². The fourth-order valence-corrected chi connectivity index (χ4v) is 2.62. The summed E-state index contributed by atoms with van der Waals surface area (Å²) in [7, 11) is 2.09. The van der Waals surface area contributed by atoms with E-state index in [0.29, 0.717) is 12.8 Å². The van der Waals surface area contributed by atoms with E-state index < -0.39 is 0 Å². The molecule has 1 aromatic carbocycles. The lowest BCUT2D eigenvalue weighted by Crippen LogP contribution is -2.39. The summed E-state index contributed by atoms with van der Waals surface area (Å²) in [5.41, 5.74) is 0.907. The number of nitrogens with zero attached hydrogens (tertiary/aromatic N) is 1. The Hall–Kier alpha value is -1.26. The summed E-state index contributed by atoms with van der Waals surface area (Å²) in [5, 5.41) is 0. The third-order valence-electron chi connectivity index (χ3n) is 4.04. The number of ether oxygens (including phenoxy) is 3. The van der Waals surface area contributed by atoms with Gasteiger partial charge in [0, 0.05) is 6.04 Å². The molecule has 0 aromatic heterocycles. The molecule has 4 heteroatoms. The molecule has 0 spiro atoms. The van der Waals surface area contributed by atoms with Crippen LogP contribution in [-0.4, -0.2) is 30.5 Å². The monoisotopic (exact) mass is 249 g/mol. The lowest BCUT2D eigenvalue weighted by atomic mass is 10.0. The van der Waals surface area contributed by atoms with Crippen LogP contribution in [0.3, 0.4) is 0 Å². The zero-order valence-electron chi connectivity index (χ0n) is 11.3. The Kier molecular flexibility index (Phi) is 2.54. The molecule has 1 fully saturated rings. The first-order valence-corrected chi connectivity index (χ1v) is 6.29. The van der Waals surface area contributed by atoms with Crippen LogP contribution in [0.15, 0.2) is 18.2 Å². The van der Waals surface area contributed by atoms with Gasteiger partial charge in [-0.15, -0.1) is 0 Å². The predicted octanol–water partition coefficient (Wildman–Crippen LogP) is 2.54. The van der Waals surface area contributed by atoms with Crippen LogP contribution in [0.2, 0.25) is 0 Å². The average molecular weight is 249 g/mol. The van der Waals surface area contributed by atoms with E-state index in [9.17, 15) is 0 Å². The van der Waals surface area contributed by atoms with Crippen LogP contribution in [0, 0.1) is 0 Å². The molecule has 2 aliphatic rings. The lowest BCUT2D eigenvalue weighted by Gasteiger charge is -2.27. The van der Waals surface area contributed by atoms with Gasteiger partial charge in [-0.1, -0.05) is 6.07 Å².